The van der Waals surface area contributed by atoms with Crippen LogP contribution in [-0.2, 0) is 101 Å². The van der Waals surface area contributed by atoms with Gasteiger partial charge in [0.05, 0.1) is 75.0 Å². The van der Waals surface area contributed by atoms with E-state index in [9.17, 15) is 108 Å². The molecule has 0 bridgehead atoms. The lowest BCUT2D eigenvalue weighted by Crippen LogP contribution is -2.61. The Hall–Kier alpha value is -10.5. The second kappa shape index (κ2) is 47.5. The zero-order valence-corrected chi connectivity index (χ0v) is 67.4. The topological polar surface area (TPSA) is 594 Å². The Morgan fingerprint density at radius 1 is 0.664 bits per heavy atom. The van der Waals surface area contributed by atoms with E-state index in [1.165, 1.54) is 49.8 Å². The van der Waals surface area contributed by atoms with Crippen molar-refractivity contribution in [3.8, 4) is 5.75 Å². The number of carbonyl (C=O) groups excluding carboxylic acids is 12. The van der Waals surface area contributed by atoms with E-state index >= 15 is 9.59 Å². The number of H-pyrrole nitrogens is 1. The third kappa shape index (κ3) is 33.0. The molecule has 2 saturated heterocycles. The Morgan fingerprint density at radius 3 is 1.86 bits per heavy atom. The summed E-state index contributed by atoms with van der Waals surface area (Å²) >= 11 is 6.25. The second-order valence-corrected chi connectivity index (χ2v) is 31.9. The van der Waals surface area contributed by atoms with Gasteiger partial charge in [0.25, 0.3) is 0 Å². The first-order chi connectivity index (χ1) is 54.7. The van der Waals surface area contributed by atoms with Gasteiger partial charge in [0.2, 0.25) is 65.0 Å². The molecule has 2 aliphatic heterocycles. The number of aromatic amines is 1. The van der Waals surface area contributed by atoms with E-state index < -0.39 is 264 Å². The van der Waals surface area contributed by atoms with E-state index in [2.05, 4.69) is 63.1 Å². The lowest BCUT2D eigenvalue weighted by molar-refractivity contribution is -0.147. The number of benzene rings is 2. The average Bonchev–Trinajstić information content (AvgIpc) is 1.66. The molecule has 116 heavy (non-hydrogen) atoms. The molecule has 0 spiro atoms. The smallest absolute Gasteiger partial charge is 0.317 e. The Kier molecular flexibility index (Phi) is 39.3. The van der Waals surface area contributed by atoms with Crippen LogP contribution in [0.5, 0.6) is 5.75 Å². The molecule has 0 aliphatic carbocycles. The summed E-state index contributed by atoms with van der Waals surface area (Å²) < 4.78 is 0. The first-order valence-corrected chi connectivity index (χ1v) is 40.0. The summed E-state index contributed by atoms with van der Waals surface area (Å²) in [6.07, 6.45) is 0.350. The average molecular weight is 1690 g/mol. The van der Waals surface area contributed by atoms with Crippen molar-refractivity contribution in [2.45, 2.75) is 160 Å². The van der Waals surface area contributed by atoms with Crippen LogP contribution in [0.2, 0.25) is 5.02 Å². The summed E-state index contributed by atoms with van der Waals surface area (Å²) in [6.45, 7) is 2.73. The lowest BCUT2D eigenvalue weighted by atomic mass is 9.95. The van der Waals surface area contributed by atoms with Crippen molar-refractivity contribution in [1.82, 2.24) is 82.7 Å². The van der Waals surface area contributed by atoms with Gasteiger partial charge in [0.15, 0.2) is 5.78 Å². The van der Waals surface area contributed by atoms with Crippen molar-refractivity contribution in [3.63, 3.8) is 0 Å². The number of aromatic nitrogens is 2. The molecular formula is C73H103ClN16O24S2. The number of aliphatic hydroxyl groups is 1. The Balaban J connectivity index is 1.57. The Labute approximate surface area is 680 Å². The standard InChI is InChI=1S/C73H103ClN16O24S2/c1-8-40(6)64(72(113)81-47(41(7)91)18-38(2)3)86-68(109)51(23-44-25-75-37-78-44)82-69(110)52-35-115-116-36-53(73(114)90-28-45(92)24-54(90)70(111)83-50(22-43-14-15-56(93)46(74)20-43)66(107)76-26-57(94)79-48(19-39(4)5)67(108)85-52)80-58(95)27-77-65(106)49(21-42-12-10-9-11-13-42)84-71(112)55(89(33-62(102)103)34-63(104)105)29-87(30-59(96)97)16-17-88(31-60(98)99)32-61(100)101/h9-15,20,25,37-40,45,47-55,64,92-93H,8,16-19,21-24,26-36H2,1-7H3,(H,75,78)(H,76,107)(H,77,106)(H,79,94)(H,80,95)(H,81,113)(H,82,110)(H,83,111)(H,84,112)(H,85,108)(H,86,109)(H,96,97)(H,98,99)(H,100,101)(H,102,103)(H,104,105)/t40?,45?,47-,48-,49-,50-,51-,52-,53-,54-,55+,64-/m0/s1. The molecule has 0 saturated carbocycles. The number of aliphatic carboxylic acids is 5. The summed E-state index contributed by atoms with van der Waals surface area (Å²) in [5.41, 5.74) is 0.873. The summed E-state index contributed by atoms with van der Waals surface area (Å²) in [4.78, 5) is 244. The third-order valence-electron chi connectivity index (χ3n) is 18.5. The molecule has 1 aromatic heterocycles. The number of nitrogens with one attached hydrogen (secondary N) is 11. The largest absolute Gasteiger partial charge is 0.506 e. The van der Waals surface area contributed by atoms with Crippen LogP contribution < -0.4 is 53.2 Å². The van der Waals surface area contributed by atoms with Crippen molar-refractivity contribution >= 4 is 134 Å². The lowest BCUT2D eigenvalue weighted by Gasteiger charge is -2.34. The van der Waals surface area contributed by atoms with Gasteiger partial charge in [0, 0.05) is 69.6 Å². The van der Waals surface area contributed by atoms with E-state index in [1.807, 2.05) is 13.8 Å². The molecule has 2 unspecified atom stereocenters. The van der Waals surface area contributed by atoms with Crippen LogP contribution in [-0.4, -0.2) is 316 Å². The molecule has 3 aromatic rings. The van der Waals surface area contributed by atoms with Crippen molar-refractivity contribution < 1.29 is 117 Å². The summed E-state index contributed by atoms with van der Waals surface area (Å²) in [5.74, 6) is -21.5. The van der Waals surface area contributed by atoms with E-state index in [1.54, 1.807) is 45.9 Å². The second-order valence-electron chi connectivity index (χ2n) is 29.0. The van der Waals surface area contributed by atoms with Gasteiger partial charge in [-0.2, -0.15) is 0 Å². The molecule has 2 aliphatic rings. The minimum absolute atomic E-state index is 0.0173. The summed E-state index contributed by atoms with van der Waals surface area (Å²) in [5, 5.41) is 96.0. The molecule has 18 N–H and O–H groups in total. The number of aromatic hydroxyl groups is 1. The monoisotopic (exact) mass is 1690 g/mol. The number of hydrogen-bond donors (Lipinski definition) is 18. The molecule has 638 valence electrons. The molecule has 2 aromatic carbocycles. The number of aliphatic hydroxyl groups excluding tert-OH is 1. The highest BCUT2D eigenvalue weighted by Gasteiger charge is 2.44. The number of phenolic OH excluding ortho intramolecular Hbond substituents is 1. The van der Waals surface area contributed by atoms with E-state index in [4.69, 9.17) is 11.6 Å². The van der Waals surface area contributed by atoms with Gasteiger partial charge in [-0.15, -0.1) is 0 Å². The van der Waals surface area contributed by atoms with Gasteiger partial charge < -0.3 is 98.8 Å². The number of imidazole rings is 1. The SMILES string of the molecule is CCC(C)[C@H](NC(=O)[C@H](Cc1c[nH]cn1)NC(=O)[C@@H]1CSSC[C@H](NC(=O)CNC(=O)[C@H](Cc2ccccc2)NC(=O)[C@@H](CN(CCN(CC(=O)O)CC(=O)O)CC(=O)O)N(CC(=O)O)CC(=O)O)C(=O)N2CC(O)C[C@H]2C(=O)N[C@@H](Cc2ccc(O)c(Cl)c2)C(=O)NCC(=O)N[C@@H](CC(C)C)C(=O)N1)C(=O)N[C@@H](CC(C)C)C(C)=O. The number of amides is 11. The van der Waals surface area contributed by atoms with Crippen LogP contribution in [0.3, 0.4) is 0 Å². The first kappa shape index (κ1) is 96.1. The number of fused-ring (bicyclic) bond motifs is 1. The number of hydrogen-bond acceptors (Lipinski definition) is 25. The van der Waals surface area contributed by atoms with Crippen LogP contribution in [0.15, 0.2) is 61.1 Å². The minimum atomic E-state index is -1.97. The Bertz CT molecular complexity index is 3930. The molecule has 3 heterocycles. The first-order valence-electron chi connectivity index (χ1n) is 37.2. The number of rotatable bonds is 41. The zero-order chi connectivity index (χ0) is 86.2. The van der Waals surface area contributed by atoms with E-state index in [-0.39, 0.29) is 65.3 Å². The minimum Gasteiger partial charge on any atom is -0.506 e. The number of carboxylic acids is 5. The number of carboxylic acid groups (broad SMARTS) is 5. The van der Waals surface area contributed by atoms with Crippen LogP contribution in [0, 0.1) is 17.8 Å². The predicted octanol–water partition coefficient (Wildman–Crippen LogP) is -3.31. The number of ketones is 1. The molecule has 11 amide bonds. The zero-order valence-electron chi connectivity index (χ0n) is 65.0. The van der Waals surface area contributed by atoms with Crippen molar-refractivity contribution in [3.05, 3.63) is 82.9 Å². The molecule has 2 fully saturated rings. The maximum absolute atomic E-state index is 15.3. The molecule has 40 nitrogen and oxygen atoms in total. The molecule has 12 atom stereocenters. The Morgan fingerprint density at radius 2 is 1.28 bits per heavy atom. The van der Waals surface area contributed by atoms with Crippen LogP contribution in [0.1, 0.15) is 91.0 Å². The van der Waals surface area contributed by atoms with Crippen LogP contribution >= 0.6 is 33.2 Å². The normalized spacial score (nSPS) is 19.5. The van der Waals surface area contributed by atoms with E-state index in [0.717, 1.165) is 36.3 Å². The highest BCUT2D eigenvalue weighted by Crippen LogP contribution is 2.28. The number of halogens is 1. The van der Waals surface area contributed by atoms with Gasteiger partial charge in [0.1, 0.15) is 60.1 Å². The molecule has 5 rings (SSSR count). The van der Waals surface area contributed by atoms with E-state index in [0.29, 0.717) is 16.9 Å². The third-order valence-corrected chi connectivity index (χ3v) is 21.2. The van der Waals surface area contributed by atoms with Crippen LogP contribution in [0.4, 0.5) is 0 Å². The maximum Gasteiger partial charge on any atom is 0.317 e. The fourth-order valence-corrected chi connectivity index (χ4v) is 15.0. The fraction of sp³-hybridized carbons (Fsp3) is 0.562. The summed E-state index contributed by atoms with van der Waals surface area (Å²) in [6, 6.07) is -3.88. The van der Waals surface area contributed by atoms with Gasteiger partial charge >= 0.3 is 29.8 Å². The number of nitrogens with zero attached hydrogens (tertiary/aromatic N) is 5. The number of phenols is 1. The van der Waals surface area contributed by atoms with Gasteiger partial charge in [-0.25, -0.2) is 4.98 Å². The molecular weight excluding hydrogens is 1580 g/mol. The summed E-state index contributed by atoms with van der Waals surface area (Å²) in [7, 11) is 1.63. The van der Waals surface area contributed by atoms with Gasteiger partial charge in [-0.05, 0) is 60.8 Å². The quantitative estimate of drug-likeness (QED) is 0.0247. The van der Waals surface area contributed by atoms with Gasteiger partial charge in [-0.1, -0.05) is 118 Å². The van der Waals surface area contributed by atoms with Crippen molar-refractivity contribution in [1.29, 1.82) is 0 Å². The highest BCUT2D eigenvalue weighted by atomic mass is 35.5. The van der Waals surface area contributed by atoms with Crippen molar-refractivity contribution in [2.24, 2.45) is 17.8 Å². The molecule has 0 radical (unpaired) electrons. The number of Topliss-reactive ketones (excluding diaryl/α,β-unsaturated/α-hetero) is 1. The predicted molar refractivity (Wildman–Crippen MR) is 417 cm³/mol. The highest BCUT2D eigenvalue weighted by molar-refractivity contribution is 8.76. The molecule has 43 heteroatoms. The van der Waals surface area contributed by atoms with Crippen molar-refractivity contribution in [2.75, 3.05) is 83.5 Å². The van der Waals surface area contributed by atoms with Gasteiger partial charge in [-0.3, -0.25) is 96.2 Å². The number of carbonyl (C=O) groups is 17. The fourth-order valence-electron chi connectivity index (χ4n) is 12.5. The van der Waals surface area contributed by atoms with Crippen LogP contribution in [0.25, 0.3) is 0 Å². The maximum atomic E-state index is 15.3.